The zero-order valence-electron chi connectivity index (χ0n) is 14.6. The van der Waals surface area contributed by atoms with Gasteiger partial charge in [0.05, 0.1) is 10.9 Å². The van der Waals surface area contributed by atoms with Gasteiger partial charge in [-0.25, -0.2) is 4.98 Å². The highest BCUT2D eigenvalue weighted by Gasteiger charge is 2.30. The van der Waals surface area contributed by atoms with E-state index in [1.54, 1.807) is 0 Å². The molecule has 26 heavy (non-hydrogen) atoms. The van der Waals surface area contributed by atoms with Gasteiger partial charge in [0.15, 0.2) is 0 Å². The maximum absolute atomic E-state index is 13.1. The Kier molecular flexibility index (Phi) is 3.73. The van der Waals surface area contributed by atoms with Crippen LogP contribution in [0.1, 0.15) is 60.5 Å². The van der Waals surface area contributed by atoms with Gasteiger partial charge in [0, 0.05) is 23.2 Å². The van der Waals surface area contributed by atoms with Crippen molar-refractivity contribution in [3.63, 3.8) is 0 Å². The van der Waals surface area contributed by atoms with Crippen LogP contribution in [0.15, 0.2) is 40.9 Å². The molecule has 0 aliphatic heterocycles. The van der Waals surface area contributed by atoms with Gasteiger partial charge in [-0.05, 0) is 31.7 Å². The van der Waals surface area contributed by atoms with Crippen molar-refractivity contribution < 1.29 is 9.32 Å². The first-order chi connectivity index (χ1) is 12.8. The molecular formula is C21H21N3O2. The molecule has 2 aliphatic carbocycles. The Bertz CT molecular complexity index is 954. The van der Waals surface area contributed by atoms with Crippen LogP contribution in [0.25, 0.3) is 22.4 Å². The van der Waals surface area contributed by atoms with Gasteiger partial charge >= 0.3 is 0 Å². The smallest absolute Gasteiger partial charge is 0.259 e. The molecule has 0 atom stereocenters. The number of pyridine rings is 1. The number of fused-ring (bicyclic) bond motifs is 1. The number of carbonyl (C=O) groups excluding carboxylic acids is 1. The van der Waals surface area contributed by atoms with Crippen LogP contribution in [-0.2, 0) is 0 Å². The first kappa shape index (κ1) is 15.6. The highest BCUT2D eigenvalue weighted by atomic mass is 16.5. The second-order valence-electron chi connectivity index (χ2n) is 7.40. The normalized spacial score (nSPS) is 17.7. The zero-order chi connectivity index (χ0) is 17.5. The molecular weight excluding hydrogens is 326 g/mol. The molecule has 2 aromatic heterocycles. The van der Waals surface area contributed by atoms with E-state index in [0.717, 1.165) is 42.3 Å². The monoisotopic (exact) mass is 347 g/mol. The number of benzene rings is 1. The summed E-state index contributed by atoms with van der Waals surface area (Å²) in [6.45, 7) is 0. The summed E-state index contributed by atoms with van der Waals surface area (Å²) in [6.07, 6.45) is 6.75. The minimum Gasteiger partial charge on any atom is -0.349 e. The summed E-state index contributed by atoms with van der Waals surface area (Å²) in [4.78, 5) is 17.7. The summed E-state index contributed by atoms with van der Waals surface area (Å²) in [5.74, 6) is 0.411. The number of amides is 1. The molecule has 2 heterocycles. The van der Waals surface area contributed by atoms with Crippen LogP contribution in [0.4, 0.5) is 0 Å². The minimum atomic E-state index is -0.0356. The van der Waals surface area contributed by atoms with Crippen LogP contribution in [0.3, 0.4) is 0 Å². The number of nitrogens with one attached hydrogen (secondary N) is 1. The number of rotatable bonds is 4. The summed E-state index contributed by atoms with van der Waals surface area (Å²) in [5, 5.41) is 8.17. The molecule has 3 aromatic rings. The number of hydrogen-bond donors (Lipinski definition) is 1. The summed E-state index contributed by atoms with van der Waals surface area (Å²) < 4.78 is 5.54. The lowest BCUT2D eigenvalue weighted by atomic mass is 10.0. The van der Waals surface area contributed by atoms with Crippen molar-refractivity contribution in [2.75, 3.05) is 0 Å². The van der Waals surface area contributed by atoms with Gasteiger partial charge in [-0.1, -0.05) is 48.3 Å². The van der Waals surface area contributed by atoms with E-state index in [4.69, 9.17) is 4.52 Å². The van der Waals surface area contributed by atoms with E-state index in [1.807, 2.05) is 36.4 Å². The van der Waals surface area contributed by atoms with Gasteiger partial charge in [-0.3, -0.25) is 4.79 Å². The van der Waals surface area contributed by atoms with E-state index in [1.165, 1.54) is 12.8 Å². The van der Waals surface area contributed by atoms with Crippen LogP contribution < -0.4 is 5.32 Å². The van der Waals surface area contributed by atoms with Crippen molar-refractivity contribution in [2.45, 2.75) is 50.5 Å². The fourth-order valence-electron chi connectivity index (χ4n) is 3.86. The molecule has 2 saturated carbocycles. The fourth-order valence-corrected chi connectivity index (χ4v) is 3.86. The lowest BCUT2D eigenvalue weighted by molar-refractivity contribution is 0.0939. The molecule has 5 rings (SSSR count). The van der Waals surface area contributed by atoms with Crippen molar-refractivity contribution in [1.29, 1.82) is 0 Å². The Labute approximate surface area is 151 Å². The Balaban J connectivity index is 1.63. The van der Waals surface area contributed by atoms with Crippen molar-refractivity contribution in [3.05, 3.63) is 47.7 Å². The molecule has 5 heteroatoms. The van der Waals surface area contributed by atoms with Crippen LogP contribution in [0, 0.1) is 0 Å². The van der Waals surface area contributed by atoms with Crippen molar-refractivity contribution in [1.82, 2.24) is 15.5 Å². The molecule has 1 aromatic carbocycles. The molecule has 5 nitrogen and oxygen atoms in total. The van der Waals surface area contributed by atoms with E-state index in [9.17, 15) is 4.79 Å². The largest absolute Gasteiger partial charge is 0.349 e. The van der Waals surface area contributed by atoms with Gasteiger partial charge in [-0.15, -0.1) is 0 Å². The second kappa shape index (κ2) is 6.24. The predicted octanol–water partition coefficient (Wildman–Crippen LogP) is 4.44. The summed E-state index contributed by atoms with van der Waals surface area (Å²) in [6, 6.07) is 12.1. The second-order valence-corrected chi connectivity index (χ2v) is 7.40. The van der Waals surface area contributed by atoms with Gasteiger partial charge in [0.1, 0.15) is 5.69 Å². The lowest BCUT2D eigenvalue weighted by Gasteiger charge is -2.13. The van der Waals surface area contributed by atoms with E-state index in [2.05, 4.69) is 15.5 Å². The van der Waals surface area contributed by atoms with Crippen molar-refractivity contribution in [2.24, 2.45) is 0 Å². The van der Waals surface area contributed by atoms with Crippen molar-refractivity contribution >= 4 is 17.0 Å². The molecule has 0 saturated heterocycles. The molecule has 132 valence electrons. The first-order valence-corrected chi connectivity index (χ1v) is 9.46. The highest BCUT2D eigenvalue weighted by Crippen LogP contribution is 2.41. The van der Waals surface area contributed by atoms with Gasteiger partial charge in [0.25, 0.3) is 11.6 Å². The number of aromatic nitrogens is 2. The first-order valence-electron chi connectivity index (χ1n) is 9.46. The van der Waals surface area contributed by atoms with Gasteiger partial charge < -0.3 is 9.84 Å². The Morgan fingerprint density at radius 1 is 1.08 bits per heavy atom. The molecule has 2 aliphatic rings. The van der Waals surface area contributed by atoms with Crippen LogP contribution in [0.2, 0.25) is 0 Å². The Morgan fingerprint density at radius 2 is 1.85 bits per heavy atom. The average molecular weight is 347 g/mol. The van der Waals surface area contributed by atoms with Crippen molar-refractivity contribution in [3.8, 4) is 11.3 Å². The summed E-state index contributed by atoms with van der Waals surface area (Å²) in [5.41, 5.74) is 3.67. The molecule has 0 unspecified atom stereocenters. The minimum absolute atomic E-state index is 0.0356. The standard InChI is InChI=1S/C21H21N3O2/c25-20(22-15-8-4-5-9-15)16-12-17(13-10-11-13)23-21-18(16)19(24-26-21)14-6-2-1-3-7-14/h1-3,6-7,12-13,15H,4-5,8-11H2,(H,22,25). The quantitative estimate of drug-likeness (QED) is 0.757. The lowest BCUT2D eigenvalue weighted by Crippen LogP contribution is -2.32. The SMILES string of the molecule is O=C(NC1CCCC1)c1cc(C2CC2)nc2onc(-c3ccccc3)c12. The van der Waals surface area contributed by atoms with Gasteiger partial charge in [0.2, 0.25) is 0 Å². The maximum atomic E-state index is 13.1. The number of carbonyl (C=O) groups is 1. The highest BCUT2D eigenvalue weighted by molar-refractivity contribution is 6.09. The number of hydrogen-bond acceptors (Lipinski definition) is 4. The van der Waals surface area contributed by atoms with Gasteiger partial charge in [-0.2, -0.15) is 0 Å². The molecule has 0 spiro atoms. The Hall–Kier alpha value is -2.69. The molecule has 1 N–H and O–H groups in total. The fraction of sp³-hybridized carbons (Fsp3) is 0.381. The topological polar surface area (TPSA) is 68.0 Å². The van der Waals surface area contributed by atoms with Crippen LogP contribution in [-0.4, -0.2) is 22.1 Å². The number of nitrogens with zero attached hydrogens (tertiary/aromatic N) is 2. The maximum Gasteiger partial charge on any atom is 0.259 e. The van der Waals surface area contributed by atoms with Crippen LogP contribution in [0.5, 0.6) is 0 Å². The predicted molar refractivity (Wildman–Crippen MR) is 98.9 cm³/mol. The van der Waals surface area contributed by atoms with E-state index < -0.39 is 0 Å². The Morgan fingerprint density at radius 3 is 2.58 bits per heavy atom. The third kappa shape index (κ3) is 2.77. The summed E-state index contributed by atoms with van der Waals surface area (Å²) in [7, 11) is 0. The third-order valence-electron chi connectivity index (χ3n) is 5.44. The van der Waals surface area contributed by atoms with E-state index in [0.29, 0.717) is 22.9 Å². The average Bonchev–Trinajstić information content (AvgIpc) is 3.23. The van der Waals surface area contributed by atoms with Crippen LogP contribution >= 0.6 is 0 Å². The molecule has 2 fully saturated rings. The van der Waals surface area contributed by atoms with E-state index in [-0.39, 0.29) is 11.9 Å². The molecule has 1 amide bonds. The van der Waals surface area contributed by atoms with E-state index >= 15 is 0 Å². The molecule has 0 bridgehead atoms. The third-order valence-corrected chi connectivity index (χ3v) is 5.44. The zero-order valence-corrected chi connectivity index (χ0v) is 14.6. The molecule has 0 radical (unpaired) electrons. The summed E-state index contributed by atoms with van der Waals surface area (Å²) >= 11 is 0.